The molecule has 13 heavy (non-hydrogen) atoms. The molecule has 1 unspecified atom stereocenters. The molecule has 0 radical (unpaired) electrons. The van der Waals surface area contributed by atoms with Crippen molar-refractivity contribution in [1.82, 2.24) is 0 Å². The summed E-state index contributed by atoms with van der Waals surface area (Å²) < 4.78 is 24.0. The Hall–Kier alpha value is -0.180. The van der Waals surface area contributed by atoms with Crippen LogP contribution in [0.25, 0.3) is 0 Å². The minimum absolute atomic E-state index is 0.258. The van der Waals surface area contributed by atoms with Gasteiger partial charge in [0, 0.05) is 6.61 Å². The van der Waals surface area contributed by atoms with Crippen LogP contribution in [0.15, 0.2) is 0 Å². The molecule has 0 aromatic heterocycles. The zero-order valence-electron chi connectivity index (χ0n) is 8.14. The molecule has 0 heterocycles. The monoisotopic (exact) mass is 194 g/mol. The fourth-order valence-electron chi connectivity index (χ4n) is 1.26. The lowest BCUT2D eigenvalue weighted by molar-refractivity contribution is 0.241. The summed E-state index contributed by atoms with van der Waals surface area (Å²) in [4.78, 5) is 0. The molecule has 1 atom stereocenters. The van der Waals surface area contributed by atoms with Crippen LogP contribution < -0.4 is 0 Å². The minimum Gasteiger partial charge on any atom is -0.396 e. The van der Waals surface area contributed by atoms with Crippen molar-refractivity contribution in [2.75, 3.05) is 13.3 Å². The summed E-state index contributed by atoms with van der Waals surface area (Å²) in [5.74, 6) is 0. The molecule has 1 N–H and O–H groups in total. The van der Waals surface area contributed by atoms with Crippen molar-refractivity contribution in [3.63, 3.8) is 0 Å². The zero-order chi connectivity index (χ0) is 9.94. The molecule has 0 saturated heterocycles. The molecule has 0 saturated carbocycles. The average molecular weight is 194 g/mol. The molecular formula is C10H20F2O. The lowest BCUT2D eigenvalue weighted by Gasteiger charge is -2.02. The third-order valence-corrected chi connectivity index (χ3v) is 2.09. The summed E-state index contributed by atoms with van der Waals surface area (Å²) in [6.45, 7) is -0.584. The highest BCUT2D eigenvalue weighted by Crippen LogP contribution is 2.10. The summed E-state index contributed by atoms with van der Waals surface area (Å²) in [5.41, 5.74) is 0. The van der Waals surface area contributed by atoms with E-state index >= 15 is 0 Å². The van der Waals surface area contributed by atoms with Crippen molar-refractivity contribution in [3.8, 4) is 0 Å². The van der Waals surface area contributed by atoms with Gasteiger partial charge in [0.25, 0.3) is 0 Å². The molecule has 0 fully saturated rings. The third kappa shape index (κ3) is 9.74. The molecular weight excluding hydrogens is 174 g/mol. The van der Waals surface area contributed by atoms with E-state index < -0.39 is 12.8 Å². The van der Waals surface area contributed by atoms with Gasteiger partial charge in [0.2, 0.25) is 0 Å². The summed E-state index contributed by atoms with van der Waals surface area (Å²) in [6.07, 6.45) is 4.92. The van der Waals surface area contributed by atoms with Crippen LogP contribution in [0.4, 0.5) is 8.78 Å². The van der Waals surface area contributed by atoms with E-state index in [9.17, 15) is 8.78 Å². The van der Waals surface area contributed by atoms with Gasteiger partial charge in [-0.2, -0.15) is 0 Å². The number of rotatable bonds is 9. The van der Waals surface area contributed by atoms with Gasteiger partial charge in [0.05, 0.1) is 0 Å². The molecule has 0 bridgehead atoms. The van der Waals surface area contributed by atoms with Crippen molar-refractivity contribution in [2.24, 2.45) is 0 Å². The van der Waals surface area contributed by atoms with Crippen molar-refractivity contribution in [2.45, 2.75) is 51.1 Å². The molecule has 0 rings (SSSR count). The molecule has 0 aliphatic heterocycles. The summed E-state index contributed by atoms with van der Waals surface area (Å²) in [5, 5.41) is 8.48. The highest BCUT2D eigenvalue weighted by Gasteiger charge is 2.03. The van der Waals surface area contributed by atoms with E-state index in [1.807, 2.05) is 0 Å². The SMILES string of the molecule is OCCCCCCCCC(F)CF. The quantitative estimate of drug-likeness (QED) is 0.559. The first-order valence-corrected chi connectivity index (χ1v) is 5.12. The second-order valence-corrected chi connectivity index (χ2v) is 3.39. The van der Waals surface area contributed by atoms with Crippen molar-refractivity contribution in [1.29, 1.82) is 0 Å². The molecule has 0 aromatic carbocycles. The van der Waals surface area contributed by atoms with Gasteiger partial charge in [-0.05, 0) is 12.8 Å². The maximum absolute atomic E-state index is 12.4. The lowest BCUT2D eigenvalue weighted by atomic mass is 10.1. The molecule has 0 amide bonds. The molecule has 1 nitrogen and oxygen atoms in total. The second-order valence-electron chi connectivity index (χ2n) is 3.39. The maximum Gasteiger partial charge on any atom is 0.128 e. The van der Waals surface area contributed by atoms with Crippen molar-refractivity contribution >= 4 is 0 Å². The second kappa shape index (κ2) is 9.90. The fraction of sp³-hybridized carbons (Fsp3) is 1.00. The van der Waals surface area contributed by atoms with Gasteiger partial charge in [-0.3, -0.25) is 0 Å². The Kier molecular flexibility index (Phi) is 9.77. The van der Waals surface area contributed by atoms with Gasteiger partial charge in [-0.25, -0.2) is 8.78 Å². The van der Waals surface area contributed by atoms with Crippen LogP contribution in [-0.2, 0) is 0 Å². The summed E-state index contributed by atoms with van der Waals surface area (Å²) in [7, 11) is 0. The molecule has 0 aliphatic carbocycles. The van der Waals surface area contributed by atoms with E-state index in [4.69, 9.17) is 5.11 Å². The van der Waals surface area contributed by atoms with E-state index in [-0.39, 0.29) is 6.61 Å². The van der Waals surface area contributed by atoms with Crippen LogP contribution in [0, 0.1) is 0 Å². The van der Waals surface area contributed by atoms with E-state index in [1.54, 1.807) is 0 Å². The summed E-state index contributed by atoms with van der Waals surface area (Å²) in [6, 6.07) is 0. The number of hydrogen-bond donors (Lipinski definition) is 1. The minimum atomic E-state index is -1.25. The molecule has 0 spiro atoms. The first kappa shape index (κ1) is 12.8. The van der Waals surface area contributed by atoms with Gasteiger partial charge < -0.3 is 5.11 Å². The number of aliphatic hydroxyl groups excluding tert-OH is 1. The van der Waals surface area contributed by atoms with Gasteiger partial charge in [0.1, 0.15) is 12.8 Å². The van der Waals surface area contributed by atoms with Crippen LogP contribution >= 0.6 is 0 Å². The largest absolute Gasteiger partial charge is 0.396 e. The van der Waals surface area contributed by atoms with Crippen LogP contribution in [-0.4, -0.2) is 24.6 Å². The number of aliphatic hydroxyl groups is 1. The van der Waals surface area contributed by atoms with Gasteiger partial charge in [-0.1, -0.05) is 32.1 Å². The Morgan fingerprint density at radius 1 is 0.923 bits per heavy atom. The normalized spacial score (nSPS) is 13.2. The Morgan fingerprint density at radius 3 is 2.00 bits per heavy atom. The third-order valence-electron chi connectivity index (χ3n) is 2.09. The fourth-order valence-corrected chi connectivity index (χ4v) is 1.26. The van der Waals surface area contributed by atoms with Crippen LogP contribution in [0.3, 0.4) is 0 Å². The lowest BCUT2D eigenvalue weighted by Crippen LogP contribution is -2.01. The first-order valence-electron chi connectivity index (χ1n) is 5.12. The maximum atomic E-state index is 12.4. The summed E-state index contributed by atoms with van der Waals surface area (Å²) >= 11 is 0. The predicted octanol–water partition coefficient (Wildman–Crippen LogP) is 3.02. The van der Waals surface area contributed by atoms with Crippen molar-refractivity contribution < 1.29 is 13.9 Å². The van der Waals surface area contributed by atoms with E-state index in [0.29, 0.717) is 6.42 Å². The Morgan fingerprint density at radius 2 is 1.46 bits per heavy atom. The highest BCUT2D eigenvalue weighted by atomic mass is 19.2. The number of hydrogen-bond acceptors (Lipinski definition) is 1. The Balaban J connectivity index is 2.91. The van der Waals surface area contributed by atoms with E-state index in [1.165, 1.54) is 0 Å². The first-order chi connectivity index (χ1) is 6.31. The molecule has 0 aliphatic rings. The van der Waals surface area contributed by atoms with E-state index in [2.05, 4.69) is 0 Å². The van der Waals surface area contributed by atoms with Gasteiger partial charge in [-0.15, -0.1) is 0 Å². The molecule has 80 valence electrons. The zero-order valence-corrected chi connectivity index (χ0v) is 8.14. The topological polar surface area (TPSA) is 20.2 Å². The Bertz CT molecular complexity index is 98.9. The average Bonchev–Trinajstić information content (AvgIpc) is 2.16. The van der Waals surface area contributed by atoms with Crippen molar-refractivity contribution in [3.05, 3.63) is 0 Å². The highest BCUT2D eigenvalue weighted by molar-refractivity contribution is 4.54. The predicted molar refractivity (Wildman–Crippen MR) is 50.3 cm³/mol. The number of alkyl halides is 2. The van der Waals surface area contributed by atoms with Gasteiger partial charge >= 0.3 is 0 Å². The van der Waals surface area contributed by atoms with Crippen LogP contribution in [0.5, 0.6) is 0 Å². The van der Waals surface area contributed by atoms with Crippen LogP contribution in [0.1, 0.15) is 44.9 Å². The standard InChI is InChI=1S/C10H20F2O/c11-9-10(12)7-5-3-1-2-4-6-8-13/h10,13H,1-9H2. The van der Waals surface area contributed by atoms with Crippen LogP contribution in [0.2, 0.25) is 0 Å². The van der Waals surface area contributed by atoms with Gasteiger partial charge in [0.15, 0.2) is 0 Å². The van der Waals surface area contributed by atoms with E-state index in [0.717, 1.165) is 38.5 Å². The molecule has 3 heteroatoms. The number of halogens is 2. The number of unbranched alkanes of at least 4 members (excludes halogenated alkanes) is 5. The smallest absolute Gasteiger partial charge is 0.128 e. The molecule has 0 aromatic rings. The Labute approximate surface area is 79.1 Å².